The van der Waals surface area contributed by atoms with Crippen LogP contribution in [0.25, 0.3) is 0 Å². The number of phenolic OH excluding ortho intramolecular Hbond substituents is 6. The van der Waals surface area contributed by atoms with Crippen molar-refractivity contribution in [2.45, 2.75) is 6.82 Å². The topological polar surface area (TPSA) is 472 Å². The number of amides is 4. The first kappa shape index (κ1) is 99.7. The molecule has 0 aromatic heterocycles. The number of anilines is 7. The van der Waals surface area contributed by atoms with Gasteiger partial charge in [0.05, 0.1) is 26.9 Å². The molecular weight excluding hydrogens is 1580 g/mol. The molecule has 4 amide bonds. The van der Waals surface area contributed by atoms with E-state index in [1.165, 1.54) is 89.5 Å². The summed E-state index contributed by atoms with van der Waals surface area (Å²) in [5.74, 6) is -3.61. The van der Waals surface area contributed by atoms with Crippen molar-refractivity contribution in [2.75, 3.05) is 194 Å². The second-order valence-corrected chi connectivity index (χ2v) is 25.3. The molecule has 4 aliphatic rings. The molecule has 42 heteroatoms. The number of alkyl halides is 2. The van der Waals surface area contributed by atoms with E-state index in [9.17, 15) is 73.7 Å². The molecule has 7 aromatic rings. The number of halogens is 3. The molecule has 11 rings (SSSR count). The Labute approximate surface area is 698 Å². The number of carboxylic acids is 1. The number of methoxy groups -OCH3 is 3. The van der Waals surface area contributed by atoms with E-state index in [1.807, 2.05) is 20.8 Å². The molecular formula is C75H93B5Cl3N12O22. The number of nitrogens with zero attached hydrogens (tertiary/aromatic N) is 7. The van der Waals surface area contributed by atoms with Gasteiger partial charge in [0.25, 0.3) is 5.91 Å². The molecule has 4 saturated heterocycles. The predicted molar refractivity (Wildman–Crippen MR) is 451 cm³/mol. The molecule has 621 valence electrons. The standard InChI is InChI=1S/C18H18BN3O4.C13H15BN2O4.C12H13BN2O4.C12H16N2O3.C8H9NO3.C6H7NO.C4H9Cl2N.C2H5B2O3.ClH/c19-18(26)22-9-7-21(8-10-22)13-3-6-15(16(24)11-13)17(25)20-12-1-4-14(23)5-2-12;1-20-12(18)10-3-2-9(8-11(10)17)15-4-6-16(7-5-15)13(14)19;13-12(19)15-5-3-14(4-6-15)8-1-2-9(11(17)18)10(16)7-8;1-17-12(16)10-3-2-9(8-11(10)15)14-6-4-13-5-7-14;1-12-8(11)6-3-2-5(9)4-7(6)10;7-5-1-3-6(8)4-2-5;5-1-3-7-4-2-6;1-3-7-6-2-4-5;/h1-6,11,23-24H,7-10H2,(H,20,25);2-3,8,17H,4-7H2,1H3;1-2,7,16H,3-6H2,(H,17,18);2-3,8,13,15H,4-7H2,1H3;2-4,10H,9H2,1H3;1-4,8H,7H2;7H,1-4H2;2H2,1H3;1H. The number of rotatable bonds is 18. The van der Waals surface area contributed by atoms with Crippen molar-refractivity contribution in [1.29, 1.82) is 0 Å². The van der Waals surface area contributed by atoms with Gasteiger partial charge in [0.2, 0.25) is 23.5 Å². The van der Waals surface area contributed by atoms with Crippen LogP contribution < -0.4 is 47.0 Å². The van der Waals surface area contributed by atoms with Crippen LogP contribution in [-0.2, 0) is 28.6 Å². The molecule has 4 fully saturated rings. The van der Waals surface area contributed by atoms with E-state index in [-0.39, 0.29) is 87.0 Å². The van der Waals surface area contributed by atoms with Gasteiger partial charge >= 0.3 is 66.2 Å². The predicted octanol–water partition coefficient (Wildman–Crippen LogP) is 6.26. The Hall–Kier alpha value is -11.5. The van der Waals surface area contributed by atoms with Gasteiger partial charge in [-0.2, -0.15) is 0 Å². The minimum Gasteiger partial charge on any atom is -0.508 e. The molecule has 4 heterocycles. The Balaban J connectivity index is 0.000000358. The zero-order valence-electron chi connectivity index (χ0n) is 64.8. The molecule has 0 spiro atoms. The molecule has 7 aromatic carbocycles. The fourth-order valence-electron chi connectivity index (χ4n) is 10.7. The summed E-state index contributed by atoms with van der Waals surface area (Å²) in [6.45, 7) is 13.8. The number of benzene rings is 7. The summed E-state index contributed by atoms with van der Waals surface area (Å²) in [5.41, 5.74) is 15.9. The summed E-state index contributed by atoms with van der Waals surface area (Å²) < 4.78 is 23.0. The Morgan fingerprint density at radius 1 is 0.453 bits per heavy atom. The van der Waals surface area contributed by atoms with E-state index < -0.39 is 47.2 Å². The molecule has 117 heavy (non-hydrogen) atoms. The van der Waals surface area contributed by atoms with Gasteiger partial charge < -0.3 is 117 Å². The average molecular weight is 1680 g/mol. The van der Waals surface area contributed by atoms with Crippen LogP contribution in [0.3, 0.4) is 0 Å². The van der Waals surface area contributed by atoms with Crippen molar-refractivity contribution < 1.29 is 108 Å². The number of esters is 3. The van der Waals surface area contributed by atoms with Crippen LogP contribution in [0.5, 0.6) is 40.2 Å². The number of carbonyl (C=O) groups excluding carboxylic acids is 7. The zero-order valence-corrected chi connectivity index (χ0v) is 67.1. The second kappa shape index (κ2) is 53.6. The summed E-state index contributed by atoms with van der Waals surface area (Å²) in [6, 6.07) is 35.8. The van der Waals surface area contributed by atoms with Crippen molar-refractivity contribution in [1.82, 2.24) is 25.3 Å². The maximum Gasteiger partial charge on any atom is 0.341 e. The number of nitrogens with one attached hydrogen (secondary N) is 3. The van der Waals surface area contributed by atoms with Gasteiger partial charge in [-0.1, -0.05) is 0 Å². The van der Waals surface area contributed by atoms with Gasteiger partial charge in [0.1, 0.15) is 62.5 Å². The fraction of sp³-hybridized carbons (Fsp3) is 0.333. The quantitative estimate of drug-likeness (QED) is 0.00519. The van der Waals surface area contributed by atoms with E-state index in [0.717, 1.165) is 62.0 Å². The number of hydrogen-bond acceptors (Lipinski definition) is 29. The molecule has 0 bridgehead atoms. The second-order valence-electron chi connectivity index (χ2n) is 24.5. The SMILES string of the molecule is COC(=O)c1ccc(N)cc1O.COC(=O)c1ccc(N2CCNCC2)cc1O.C[B]OOCB=O.Cl.ClCCNCCCl.Nc1ccc(O)cc1.[B]C(=O)N1CCN(c2ccc(C(=O)Nc3ccc(O)cc3)c(O)c2)CC1.[B]C(=O)N1CCN(c2ccc(C(=O)O)c(O)c2)CC1.[B]C(=O)N1CCN(c2ccc(C(=O)OC)c(O)c2)CC1. The number of carbonyl (C=O) groups is 8. The number of aromatic hydroxyl groups is 7. The number of ether oxygens (including phenoxy) is 3. The number of piperazine rings is 4. The first-order valence-corrected chi connectivity index (χ1v) is 36.7. The van der Waals surface area contributed by atoms with Crippen molar-refractivity contribution in [3.63, 3.8) is 0 Å². The fourth-order valence-corrected chi connectivity index (χ4v) is 11.0. The van der Waals surface area contributed by atoms with Crippen molar-refractivity contribution in [3.8, 4) is 40.2 Å². The van der Waals surface area contributed by atoms with Gasteiger partial charge in [0.15, 0.2) is 17.4 Å². The maximum atomic E-state index is 12.3. The molecule has 4 aliphatic heterocycles. The number of aromatic carboxylic acids is 1. The average Bonchev–Trinajstić information content (AvgIpc) is 0.837. The number of carboxylic acid groups (broad SMARTS) is 1. The van der Waals surface area contributed by atoms with Gasteiger partial charge in [-0.05, 0) is 109 Å². The molecule has 0 unspecified atom stereocenters. The Kier molecular flexibility index (Phi) is 45.7. The van der Waals surface area contributed by atoms with Crippen LogP contribution >= 0.6 is 35.6 Å². The molecule has 34 nitrogen and oxygen atoms in total. The Bertz CT molecular complexity index is 4280. The Morgan fingerprint density at radius 3 is 1.07 bits per heavy atom. The van der Waals surface area contributed by atoms with Crippen molar-refractivity contribution in [2.24, 2.45) is 0 Å². The smallest absolute Gasteiger partial charge is 0.341 e. The molecule has 0 saturated carbocycles. The first-order valence-electron chi connectivity index (χ1n) is 35.6. The third-order valence-electron chi connectivity index (χ3n) is 16.9. The van der Waals surface area contributed by atoms with Crippen molar-refractivity contribution in [3.05, 3.63) is 167 Å². The number of nitrogens with two attached hydrogens (primary N) is 2. The number of hydrogen-bond donors (Lipinski definition) is 13. The first-order chi connectivity index (χ1) is 55.4. The Morgan fingerprint density at radius 2 is 0.769 bits per heavy atom. The largest absolute Gasteiger partial charge is 0.508 e. The minimum atomic E-state index is -1.16. The summed E-state index contributed by atoms with van der Waals surface area (Å²) >= 11 is 10.7. The minimum absolute atomic E-state index is 0. The van der Waals surface area contributed by atoms with Gasteiger partial charge in [0, 0.05) is 200 Å². The third-order valence-corrected chi connectivity index (χ3v) is 17.2. The van der Waals surface area contributed by atoms with E-state index in [2.05, 4.69) is 44.8 Å². The van der Waals surface area contributed by atoms with E-state index >= 15 is 0 Å². The van der Waals surface area contributed by atoms with Crippen LogP contribution in [0.4, 0.5) is 54.2 Å². The van der Waals surface area contributed by atoms with Crippen LogP contribution in [0.1, 0.15) is 51.8 Å². The van der Waals surface area contributed by atoms with Crippen LogP contribution in [0.15, 0.2) is 140 Å². The summed E-state index contributed by atoms with van der Waals surface area (Å²) in [6.07, 6.45) is 0. The zero-order chi connectivity index (χ0) is 85.8. The van der Waals surface area contributed by atoms with Crippen LogP contribution in [-0.4, -0.2) is 298 Å². The third kappa shape index (κ3) is 34.9. The molecule has 7 radical (unpaired) electrons. The summed E-state index contributed by atoms with van der Waals surface area (Å²) in [7, 11) is 21.5. The molecule has 15 N–H and O–H groups in total. The number of nitrogen functional groups attached to an aromatic ring is 2. The van der Waals surface area contributed by atoms with E-state index in [4.69, 9.17) is 68.4 Å². The van der Waals surface area contributed by atoms with Gasteiger partial charge in [-0.3, -0.25) is 19.2 Å². The van der Waals surface area contributed by atoms with Gasteiger partial charge in [-0.25, -0.2) is 19.2 Å². The number of phenols is 7. The normalized spacial score (nSPS) is 13.1. The monoisotopic (exact) mass is 1670 g/mol. The van der Waals surface area contributed by atoms with Gasteiger partial charge in [-0.15, -0.1) is 35.6 Å². The summed E-state index contributed by atoms with van der Waals surface area (Å²) in [4.78, 5) is 111. The summed E-state index contributed by atoms with van der Waals surface area (Å²) in [5, 5.41) is 84.5. The van der Waals surface area contributed by atoms with Crippen LogP contribution in [0, 0.1) is 0 Å². The molecule has 0 atom stereocenters. The van der Waals surface area contributed by atoms with E-state index in [0.29, 0.717) is 115 Å². The van der Waals surface area contributed by atoms with E-state index in [1.54, 1.807) is 94.3 Å². The maximum absolute atomic E-state index is 12.3. The van der Waals surface area contributed by atoms with Crippen LogP contribution in [0.2, 0.25) is 6.82 Å². The van der Waals surface area contributed by atoms with Crippen molar-refractivity contribution >= 4 is 161 Å². The molecule has 0 aliphatic carbocycles.